The predicted molar refractivity (Wildman–Crippen MR) is 199 cm³/mol. The minimum Gasteiger partial charge on any atom is -0.444 e. The van der Waals surface area contributed by atoms with Crippen LogP contribution >= 0.6 is 27.5 Å². The van der Waals surface area contributed by atoms with E-state index < -0.39 is 5.60 Å². The summed E-state index contributed by atoms with van der Waals surface area (Å²) in [4.78, 5) is 40.7. The number of nitrogens with zero attached hydrogens (tertiary/aromatic N) is 5. The number of pyridine rings is 1. The standard InChI is InChI=1S/C39H55BrClN5O3/c1-26(2)34-25-44(19-20-46(34)35(47)21-27-11-15-43(16-12-27)37(48)49-38(3,4)5)32-13-17-45(18-14-32)39(6)33-10-9-31(41)23-28(33)7-8-29-22-30(40)24-42-36(29)39/h9-10,22-24,26-27,32,34H,7-8,11-21,25H2,1-6H3/t34-,39+/m1/s1. The molecule has 3 fully saturated rings. The first-order chi connectivity index (χ1) is 23.2. The molecule has 0 unspecified atom stereocenters. The van der Waals surface area contributed by atoms with Gasteiger partial charge in [0.25, 0.3) is 0 Å². The monoisotopic (exact) mass is 755 g/mol. The first kappa shape index (κ1) is 36.6. The van der Waals surface area contributed by atoms with Gasteiger partial charge in [-0.3, -0.25) is 19.6 Å². The molecule has 0 spiro atoms. The Morgan fingerprint density at radius 1 is 1.00 bits per heavy atom. The minimum atomic E-state index is -0.495. The maximum Gasteiger partial charge on any atom is 0.410 e. The summed E-state index contributed by atoms with van der Waals surface area (Å²) in [5, 5.41) is 0.792. The number of halogens is 2. The van der Waals surface area contributed by atoms with Gasteiger partial charge in [-0.1, -0.05) is 31.5 Å². The summed E-state index contributed by atoms with van der Waals surface area (Å²) >= 11 is 10.2. The maximum atomic E-state index is 13.8. The highest BCUT2D eigenvalue weighted by atomic mass is 79.9. The number of aryl methyl sites for hydroxylation is 2. The molecule has 8 nitrogen and oxygen atoms in total. The predicted octanol–water partition coefficient (Wildman–Crippen LogP) is 7.53. The Hall–Kier alpha value is -2.20. The molecule has 4 aliphatic rings. The molecule has 1 aliphatic carbocycles. The highest BCUT2D eigenvalue weighted by molar-refractivity contribution is 9.10. The van der Waals surface area contributed by atoms with E-state index in [-0.39, 0.29) is 23.6 Å². The molecule has 3 aliphatic heterocycles. The van der Waals surface area contributed by atoms with Crippen LogP contribution in [0.3, 0.4) is 0 Å². The highest BCUT2D eigenvalue weighted by Gasteiger charge is 2.44. The molecule has 0 saturated carbocycles. The third-order valence-corrected chi connectivity index (χ3v) is 12.2. The van der Waals surface area contributed by atoms with Gasteiger partial charge < -0.3 is 14.5 Å². The van der Waals surface area contributed by atoms with Crippen molar-refractivity contribution < 1.29 is 14.3 Å². The Kier molecular flexibility index (Phi) is 11.1. The lowest BCUT2D eigenvalue weighted by Crippen LogP contribution is -2.61. The van der Waals surface area contributed by atoms with Crippen LogP contribution in [0, 0.1) is 11.8 Å². The number of likely N-dealkylation sites (tertiary alicyclic amines) is 2. The fourth-order valence-corrected chi connectivity index (χ4v) is 9.38. The number of hydrogen-bond donors (Lipinski definition) is 0. The van der Waals surface area contributed by atoms with E-state index in [1.54, 1.807) is 4.90 Å². The van der Waals surface area contributed by atoms with E-state index in [4.69, 9.17) is 21.3 Å². The topological polar surface area (TPSA) is 69.2 Å². The van der Waals surface area contributed by atoms with Gasteiger partial charge in [0.1, 0.15) is 5.60 Å². The van der Waals surface area contributed by atoms with Gasteiger partial charge in [-0.25, -0.2) is 4.79 Å². The summed E-state index contributed by atoms with van der Waals surface area (Å²) in [6, 6.07) is 9.39. The number of ether oxygens (including phenoxy) is 1. The molecular weight excluding hydrogens is 702 g/mol. The Bertz CT molecular complexity index is 1460. The summed E-state index contributed by atoms with van der Waals surface area (Å²) in [6.45, 7) is 18.5. The van der Waals surface area contributed by atoms with Crippen LogP contribution in [-0.4, -0.2) is 100 Å². The van der Waals surface area contributed by atoms with Crippen molar-refractivity contribution in [1.82, 2.24) is 24.6 Å². The van der Waals surface area contributed by atoms with Crippen molar-refractivity contribution in [3.05, 3.63) is 62.3 Å². The van der Waals surface area contributed by atoms with Crippen LogP contribution < -0.4 is 0 Å². The Balaban J connectivity index is 1.08. The molecular formula is C39H55BrClN5O3. The second-order valence-electron chi connectivity index (χ2n) is 16.3. The van der Waals surface area contributed by atoms with Crippen LogP contribution in [0.2, 0.25) is 5.02 Å². The lowest BCUT2D eigenvalue weighted by molar-refractivity contribution is -0.139. The van der Waals surface area contributed by atoms with E-state index in [1.165, 1.54) is 16.7 Å². The van der Waals surface area contributed by atoms with E-state index >= 15 is 0 Å². The number of aromatic nitrogens is 1. The van der Waals surface area contributed by atoms with E-state index in [0.717, 1.165) is 86.4 Å². The molecule has 1 aromatic heterocycles. The van der Waals surface area contributed by atoms with Crippen molar-refractivity contribution in [2.24, 2.45) is 11.8 Å². The van der Waals surface area contributed by atoms with Crippen LogP contribution in [0.5, 0.6) is 0 Å². The van der Waals surface area contributed by atoms with Crippen molar-refractivity contribution in [1.29, 1.82) is 0 Å². The third-order valence-electron chi connectivity index (χ3n) is 11.5. The molecule has 49 heavy (non-hydrogen) atoms. The van der Waals surface area contributed by atoms with E-state index in [0.29, 0.717) is 37.4 Å². The second-order valence-corrected chi connectivity index (χ2v) is 17.6. The zero-order valence-electron chi connectivity index (χ0n) is 30.3. The molecule has 3 saturated heterocycles. The lowest BCUT2D eigenvalue weighted by Gasteiger charge is -2.50. The first-order valence-electron chi connectivity index (χ1n) is 18.4. The summed E-state index contributed by atoms with van der Waals surface area (Å²) in [5.74, 6) is 0.978. The van der Waals surface area contributed by atoms with Crippen molar-refractivity contribution in [2.75, 3.05) is 45.8 Å². The number of rotatable bonds is 5. The number of amides is 2. The molecule has 4 heterocycles. The normalized spacial score (nSPS) is 24.8. The number of carbonyl (C=O) groups excluding carboxylic acids is 2. The van der Waals surface area contributed by atoms with Crippen LogP contribution in [0.25, 0.3) is 0 Å². The SMILES string of the molecule is CC(C)[C@H]1CN(C2CCN([C@@]3(C)c4ccc(Cl)cc4CCc4cc(Br)cnc43)CC2)CCN1C(=O)CC1CCN(C(=O)OC(C)(C)C)CC1. The average Bonchev–Trinajstić information content (AvgIpc) is 3.18. The Labute approximate surface area is 307 Å². The van der Waals surface area contributed by atoms with Crippen molar-refractivity contribution in [3.63, 3.8) is 0 Å². The number of carbonyl (C=O) groups is 2. The average molecular weight is 757 g/mol. The van der Waals surface area contributed by atoms with Crippen LogP contribution in [0.4, 0.5) is 4.79 Å². The molecule has 268 valence electrons. The molecule has 0 radical (unpaired) electrons. The molecule has 2 amide bonds. The zero-order valence-corrected chi connectivity index (χ0v) is 32.7. The lowest BCUT2D eigenvalue weighted by atomic mass is 9.81. The molecule has 2 aromatic rings. The molecule has 6 rings (SSSR count). The number of hydrogen-bond acceptors (Lipinski definition) is 6. The smallest absolute Gasteiger partial charge is 0.410 e. The minimum absolute atomic E-state index is 0.214. The quantitative estimate of drug-likeness (QED) is 0.315. The third kappa shape index (κ3) is 8.00. The molecule has 0 bridgehead atoms. The van der Waals surface area contributed by atoms with Gasteiger partial charge in [-0.05, 0) is 129 Å². The molecule has 1 aromatic carbocycles. The van der Waals surface area contributed by atoms with Crippen molar-refractivity contribution in [3.8, 4) is 0 Å². The van der Waals surface area contributed by atoms with E-state index in [2.05, 4.69) is 69.6 Å². The van der Waals surface area contributed by atoms with Gasteiger partial charge in [0, 0.05) is 80.0 Å². The van der Waals surface area contributed by atoms with Crippen LogP contribution in [0.1, 0.15) is 96.0 Å². The number of benzene rings is 1. The highest BCUT2D eigenvalue weighted by Crippen LogP contribution is 2.44. The maximum absolute atomic E-state index is 13.8. The Morgan fingerprint density at radius 3 is 2.37 bits per heavy atom. The molecule has 10 heteroatoms. The van der Waals surface area contributed by atoms with Gasteiger partial charge >= 0.3 is 6.09 Å². The van der Waals surface area contributed by atoms with Gasteiger partial charge in [0.05, 0.1) is 11.2 Å². The summed E-state index contributed by atoms with van der Waals surface area (Å²) in [6.07, 6.45) is 8.08. The number of fused-ring (bicyclic) bond motifs is 2. The van der Waals surface area contributed by atoms with Gasteiger partial charge in [0.2, 0.25) is 5.91 Å². The summed E-state index contributed by atoms with van der Waals surface area (Å²) in [5.41, 5.74) is 4.29. The van der Waals surface area contributed by atoms with Crippen molar-refractivity contribution in [2.45, 2.75) is 110 Å². The van der Waals surface area contributed by atoms with Crippen LogP contribution in [-0.2, 0) is 27.9 Å². The molecule has 0 N–H and O–H groups in total. The van der Waals surface area contributed by atoms with Crippen LogP contribution in [0.15, 0.2) is 34.9 Å². The largest absolute Gasteiger partial charge is 0.444 e. The zero-order chi connectivity index (χ0) is 35.1. The number of piperidine rings is 2. The molecule has 2 atom stereocenters. The second kappa shape index (κ2) is 14.8. The van der Waals surface area contributed by atoms with Crippen molar-refractivity contribution >= 4 is 39.5 Å². The van der Waals surface area contributed by atoms with E-state index in [9.17, 15) is 9.59 Å². The number of piperazine rings is 1. The Morgan fingerprint density at radius 2 is 1.69 bits per heavy atom. The van der Waals surface area contributed by atoms with Gasteiger partial charge in [0.15, 0.2) is 0 Å². The summed E-state index contributed by atoms with van der Waals surface area (Å²) < 4.78 is 6.59. The van der Waals surface area contributed by atoms with Gasteiger partial charge in [-0.2, -0.15) is 0 Å². The summed E-state index contributed by atoms with van der Waals surface area (Å²) in [7, 11) is 0. The van der Waals surface area contributed by atoms with E-state index in [1.807, 2.05) is 33.0 Å². The fraction of sp³-hybridized carbons (Fsp3) is 0.667. The first-order valence-corrected chi connectivity index (χ1v) is 19.6. The van der Waals surface area contributed by atoms with Gasteiger partial charge in [-0.15, -0.1) is 0 Å². The fourth-order valence-electron chi connectivity index (χ4n) is 8.80.